The molecule has 0 bridgehead atoms. The number of piperazine rings is 1. The Balaban J connectivity index is 1.44. The summed E-state index contributed by atoms with van der Waals surface area (Å²) in [5.41, 5.74) is 3.01. The quantitative estimate of drug-likeness (QED) is 0.643. The van der Waals surface area contributed by atoms with Crippen LogP contribution in [0.2, 0.25) is 0 Å². The minimum Gasteiger partial charge on any atom is -0.378 e. The van der Waals surface area contributed by atoms with E-state index >= 15 is 0 Å². The van der Waals surface area contributed by atoms with Gasteiger partial charge in [0.15, 0.2) is 0 Å². The predicted octanol–water partition coefficient (Wildman–Crippen LogP) is 2.54. The molecule has 2 fully saturated rings. The number of nitrogens with one attached hydrogen (secondary N) is 1. The summed E-state index contributed by atoms with van der Waals surface area (Å²) >= 11 is 0. The van der Waals surface area contributed by atoms with Crippen LogP contribution in [0.4, 0.5) is 5.82 Å². The van der Waals surface area contributed by atoms with Crippen molar-refractivity contribution in [1.82, 2.24) is 24.8 Å². The van der Waals surface area contributed by atoms with E-state index < -0.39 is 0 Å². The number of nitrogens with zero attached hydrogens (tertiary/aromatic N) is 5. The van der Waals surface area contributed by atoms with Gasteiger partial charge in [0.2, 0.25) is 5.91 Å². The number of fused-ring (bicyclic) bond motifs is 1. The number of ether oxygens (including phenoxy) is 1. The van der Waals surface area contributed by atoms with Crippen LogP contribution in [0.3, 0.4) is 0 Å². The number of amides is 2. The molecular formula is C25H30N6O3. The number of rotatable bonds is 3. The van der Waals surface area contributed by atoms with E-state index in [4.69, 9.17) is 9.72 Å². The molecule has 0 aliphatic carbocycles. The summed E-state index contributed by atoms with van der Waals surface area (Å²) in [6.45, 7) is 9.55. The Kier molecular flexibility index (Phi) is 5.95. The van der Waals surface area contributed by atoms with Crippen molar-refractivity contribution >= 4 is 28.7 Å². The molecule has 3 aromatic rings. The molecule has 3 aromatic heterocycles. The second-order valence-electron chi connectivity index (χ2n) is 9.14. The zero-order valence-corrected chi connectivity index (χ0v) is 19.8. The molecule has 2 amide bonds. The van der Waals surface area contributed by atoms with Gasteiger partial charge in [-0.25, -0.2) is 9.97 Å². The second kappa shape index (κ2) is 9.06. The maximum Gasteiger partial charge on any atom is 0.255 e. The molecule has 34 heavy (non-hydrogen) atoms. The molecule has 2 aliphatic rings. The van der Waals surface area contributed by atoms with Crippen LogP contribution in [-0.2, 0) is 9.53 Å². The maximum absolute atomic E-state index is 13.0. The molecule has 2 saturated heterocycles. The smallest absolute Gasteiger partial charge is 0.255 e. The van der Waals surface area contributed by atoms with E-state index in [9.17, 15) is 9.59 Å². The topological polar surface area (TPSA) is 94.7 Å². The van der Waals surface area contributed by atoms with Gasteiger partial charge >= 0.3 is 0 Å². The lowest BCUT2D eigenvalue weighted by molar-refractivity contribution is -0.133. The van der Waals surface area contributed by atoms with Crippen molar-refractivity contribution in [2.45, 2.75) is 32.9 Å². The molecule has 1 N–H and O–H groups in total. The zero-order chi connectivity index (χ0) is 23.8. The monoisotopic (exact) mass is 462 g/mol. The number of H-pyrrole nitrogens is 1. The molecule has 9 nitrogen and oxygen atoms in total. The second-order valence-corrected chi connectivity index (χ2v) is 9.14. The lowest BCUT2D eigenvalue weighted by atomic mass is 10.1. The van der Waals surface area contributed by atoms with Crippen molar-refractivity contribution in [2.75, 3.05) is 44.3 Å². The highest BCUT2D eigenvalue weighted by Gasteiger charge is 2.31. The van der Waals surface area contributed by atoms with Gasteiger partial charge in [-0.05, 0) is 32.0 Å². The average Bonchev–Trinajstić information content (AvgIpc) is 3.27. The molecule has 0 unspecified atom stereocenters. The van der Waals surface area contributed by atoms with Gasteiger partial charge in [0, 0.05) is 68.5 Å². The van der Waals surface area contributed by atoms with Crippen molar-refractivity contribution in [2.24, 2.45) is 0 Å². The van der Waals surface area contributed by atoms with Gasteiger partial charge in [0.25, 0.3) is 5.91 Å². The van der Waals surface area contributed by atoms with Gasteiger partial charge in [-0.2, -0.15) is 0 Å². The van der Waals surface area contributed by atoms with Crippen molar-refractivity contribution in [3.05, 3.63) is 42.2 Å². The van der Waals surface area contributed by atoms with Crippen LogP contribution < -0.4 is 4.90 Å². The number of aromatic nitrogens is 3. The van der Waals surface area contributed by atoms with Crippen LogP contribution in [0.25, 0.3) is 22.3 Å². The van der Waals surface area contributed by atoms with Crippen LogP contribution in [0.1, 0.15) is 31.1 Å². The number of carbonyl (C=O) groups is 2. The molecule has 5 rings (SSSR count). The number of morpholine rings is 1. The standard InChI is InChI=1S/C25H30N6O3/c1-16-14-30(15-17(2)31(16)18(3)32)23-6-4-5-22(28-23)21-13-27-24-20(21)11-19(12-26-24)25(33)29-7-9-34-10-8-29/h4-6,11-13,16-17H,7-10,14-15H2,1-3H3,(H,26,27)/t16-,17+. The van der Waals surface area contributed by atoms with E-state index in [0.717, 1.165) is 41.2 Å². The Labute approximate surface area is 198 Å². The highest BCUT2D eigenvalue weighted by molar-refractivity contribution is 6.00. The molecular weight excluding hydrogens is 432 g/mol. The van der Waals surface area contributed by atoms with Gasteiger partial charge in [0.1, 0.15) is 11.5 Å². The van der Waals surface area contributed by atoms with E-state index in [1.54, 1.807) is 18.0 Å². The lowest BCUT2D eigenvalue weighted by Gasteiger charge is -2.44. The number of carbonyl (C=O) groups excluding carboxylic acids is 2. The molecule has 0 spiro atoms. The number of anilines is 1. The van der Waals surface area contributed by atoms with E-state index in [1.807, 2.05) is 35.4 Å². The van der Waals surface area contributed by atoms with Gasteiger partial charge < -0.3 is 24.4 Å². The first kappa shape index (κ1) is 22.3. The Bertz CT molecular complexity index is 1210. The third-order valence-corrected chi connectivity index (χ3v) is 6.69. The van der Waals surface area contributed by atoms with Gasteiger partial charge in [-0.15, -0.1) is 0 Å². The molecule has 178 valence electrons. The SMILES string of the molecule is CC(=O)N1[C@H](C)CN(c2cccc(-c3c[nH]c4ncc(C(=O)N5CCOCC5)cc34)n2)C[C@@H]1C. The first-order valence-electron chi connectivity index (χ1n) is 11.8. The number of aromatic amines is 1. The van der Waals surface area contributed by atoms with Gasteiger partial charge in [-0.3, -0.25) is 9.59 Å². The minimum absolute atomic E-state index is 0.0297. The molecule has 0 saturated carbocycles. The summed E-state index contributed by atoms with van der Waals surface area (Å²) in [7, 11) is 0. The number of pyridine rings is 2. The molecule has 0 aromatic carbocycles. The summed E-state index contributed by atoms with van der Waals surface area (Å²) in [5, 5.41) is 0.867. The lowest BCUT2D eigenvalue weighted by Crippen LogP contribution is -2.58. The van der Waals surface area contributed by atoms with Crippen molar-refractivity contribution < 1.29 is 14.3 Å². The van der Waals surface area contributed by atoms with Crippen molar-refractivity contribution in [1.29, 1.82) is 0 Å². The average molecular weight is 463 g/mol. The largest absolute Gasteiger partial charge is 0.378 e. The maximum atomic E-state index is 13.0. The van der Waals surface area contributed by atoms with Crippen LogP contribution >= 0.6 is 0 Å². The fourth-order valence-electron chi connectivity index (χ4n) is 5.16. The number of hydrogen-bond donors (Lipinski definition) is 1. The van der Waals surface area contributed by atoms with Crippen LogP contribution in [0.5, 0.6) is 0 Å². The summed E-state index contributed by atoms with van der Waals surface area (Å²) in [4.78, 5) is 43.6. The third-order valence-electron chi connectivity index (χ3n) is 6.69. The summed E-state index contributed by atoms with van der Waals surface area (Å²) in [6.07, 6.45) is 3.52. The summed E-state index contributed by atoms with van der Waals surface area (Å²) in [5.74, 6) is 0.954. The molecule has 0 radical (unpaired) electrons. The fraction of sp³-hybridized carbons (Fsp3) is 0.440. The molecule has 5 heterocycles. The summed E-state index contributed by atoms with van der Waals surface area (Å²) in [6, 6.07) is 8.10. The third kappa shape index (κ3) is 4.11. The Hall–Kier alpha value is -3.46. The highest BCUT2D eigenvalue weighted by atomic mass is 16.5. The minimum atomic E-state index is -0.0297. The Morgan fingerprint density at radius 3 is 2.56 bits per heavy atom. The van der Waals surface area contributed by atoms with Crippen molar-refractivity contribution in [3.63, 3.8) is 0 Å². The summed E-state index contributed by atoms with van der Waals surface area (Å²) < 4.78 is 5.37. The Morgan fingerprint density at radius 1 is 1.12 bits per heavy atom. The van der Waals surface area contributed by atoms with Crippen LogP contribution in [-0.4, -0.2) is 88.0 Å². The zero-order valence-electron chi connectivity index (χ0n) is 19.8. The molecule has 9 heteroatoms. The first-order chi connectivity index (χ1) is 16.4. The molecule has 2 aliphatic heterocycles. The van der Waals surface area contributed by atoms with Crippen LogP contribution in [0, 0.1) is 0 Å². The normalized spacial score (nSPS) is 21.2. The Morgan fingerprint density at radius 2 is 1.85 bits per heavy atom. The van der Waals surface area contributed by atoms with Gasteiger partial charge in [0.05, 0.1) is 24.5 Å². The first-order valence-corrected chi connectivity index (χ1v) is 11.8. The predicted molar refractivity (Wildman–Crippen MR) is 130 cm³/mol. The van der Waals surface area contributed by atoms with E-state index in [1.165, 1.54) is 0 Å². The van der Waals surface area contributed by atoms with E-state index in [0.29, 0.717) is 31.9 Å². The highest BCUT2D eigenvalue weighted by Crippen LogP contribution is 2.30. The van der Waals surface area contributed by atoms with Crippen molar-refractivity contribution in [3.8, 4) is 11.3 Å². The van der Waals surface area contributed by atoms with Crippen LogP contribution in [0.15, 0.2) is 36.7 Å². The molecule has 2 atom stereocenters. The van der Waals surface area contributed by atoms with Gasteiger partial charge in [-0.1, -0.05) is 6.07 Å². The number of hydrogen-bond acceptors (Lipinski definition) is 6. The fourth-order valence-corrected chi connectivity index (χ4v) is 5.16. The van der Waals surface area contributed by atoms with E-state index in [-0.39, 0.29) is 23.9 Å². The van der Waals surface area contributed by atoms with E-state index in [2.05, 4.69) is 28.7 Å².